The summed E-state index contributed by atoms with van der Waals surface area (Å²) < 4.78 is 12.4. The van der Waals surface area contributed by atoms with Crippen LogP contribution in [0.25, 0.3) is 20.9 Å². The van der Waals surface area contributed by atoms with Gasteiger partial charge in [0, 0.05) is 46.4 Å². The molecule has 4 aromatic rings. The maximum absolute atomic E-state index is 14.7. The number of carbonyl (C=O) groups is 1. The highest BCUT2D eigenvalue weighted by Crippen LogP contribution is 2.44. The first-order valence-electron chi connectivity index (χ1n) is 15.8. The van der Waals surface area contributed by atoms with Gasteiger partial charge in [-0.1, -0.05) is 82.5 Å². The molecule has 1 amide bonds. The van der Waals surface area contributed by atoms with Gasteiger partial charge in [0.05, 0.1) is 19.7 Å². The van der Waals surface area contributed by atoms with Crippen LogP contribution in [0.1, 0.15) is 45.9 Å². The lowest BCUT2D eigenvalue weighted by Gasteiger charge is -2.32. The van der Waals surface area contributed by atoms with E-state index in [1.807, 2.05) is 72.8 Å². The number of hydrogen-bond acceptors (Lipinski definition) is 7. The van der Waals surface area contributed by atoms with Gasteiger partial charge in [-0.05, 0) is 81.7 Å². The lowest BCUT2D eigenvalue weighted by molar-refractivity contribution is -0.128. The van der Waals surface area contributed by atoms with Crippen LogP contribution in [0.2, 0.25) is 5.02 Å². The van der Waals surface area contributed by atoms with Crippen molar-refractivity contribution in [2.24, 2.45) is 15.2 Å². The van der Waals surface area contributed by atoms with Gasteiger partial charge >= 0.3 is 0 Å². The molecule has 250 valence electrons. The summed E-state index contributed by atoms with van der Waals surface area (Å²) in [5, 5.41) is 20.4. The van der Waals surface area contributed by atoms with Gasteiger partial charge in [-0.3, -0.25) is 4.79 Å². The molecular formula is C36H35ClN8O4. The van der Waals surface area contributed by atoms with E-state index in [-0.39, 0.29) is 37.9 Å². The highest BCUT2D eigenvalue weighted by atomic mass is 35.5. The molecule has 5 rings (SSSR count). The zero-order valence-corrected chi connectivity index (χ0v) is 27.4. The fourth-order valence-corrected chi connectivity index (χ4v) is 5.83. The number of ether oxygens (including phenoxy) is 2. The van der Waals surface area contributed by atoms with Crippen molar-refractivity contribution in [2.75, 3.05) is 19.8 Å². The molecule has 1 heterocycles. The number of hydrogen-bond donors (Lipinski definition) is 2. The summed E-state index contributed by atoms with van der Waals surface area (Å²) in [6.07, 6.45) is 0.255. The maximum Gasteiger partial charge on any atom is 0.252 e. The second-order valence-electron chi connectivity index (χ2n) is 11.3. The number of nitrogens with one attached hydrogen (secondary N) is 1. The van der Waals surface area contributed by atoms with E-state index < -0.39 is 11.6 Å². The second kappa shape index (κ2) is 17.1. The van der Waals surface area contributed by atoms with Gasteiger partial charge in [-0.25, -0.2) is 4.99 Å². The molecule has 1 aliphatic heterocycles. The van der Waals surface area contributed by atoms with Crippen molar-refractivity contribution in [1.82, 2.24) is 5.32 Å². The molecule has 12 nitrogen and oxygen atoms in total. The van der Waals surface area contributed by atoms with Gasteiger partial charge in [-0.2, -0.15) is 0 Å². The second-order valence-corrected chi connectivity index (χ2v) is 11.8. The Balaban J connectivity index is 1.60. The molecule has 1 aliphatic rings. The number of azide groups is 2. The molecule has 0 aliphatic carbocycles. The summed E-state index contributed by atoms with van der Waals surface area (Å²) >= 11 is 6.07. The molecular weight excluding hydrogens is 644 g/mol. The third-order valence-electron chi connectivity index (χ3n) is 8.17. The maximum atomic E-state index is 14.7. The van der Waals surface area contributed by atoms with Crippen LogP contribution in [0.4, 0.5) is 0 Å². The van der Waals surface area contributed by atoms with Crippen LogP contribution in [-0.2, 0) is 35.5 Å². The molecule has 0 fully saturated rings. The number of carbonyl (C=O) groups excluding carboxylic acids is 1. The number of aliphatic hydroxyl groups is 1. The molecule has 0 unspecified atom stereocenters. The summed E-state index contributed by atoms with van der Waals surface area (Å²) in [6.45, 7) is 0.852. The van der Waals surface area contributed by atoms with Crippen molar-refractivity contribution in [2.45, 2.75) is 44.0 Å². The van der Waals surface area contributed by atoms with Gasteiger partial charge in [-0.15, -0.1) is 0 Å². The zero-order valence-electron chi connectivity index (χ0n) is 26.7. The molecule has 2 N–H and O–H groups in total. The largest absolute Gasteiger partial charge is 0.494 e. The molecule has 0 aromatic heterocycles. The fraction of sp³-hybridized carbons (Fsp3) is 0.278. The smallest absolute Gasteiger partial charge is 0.252 e. The Kier molecular flexibility index (Phi) is 12.1. The first kappa shape index (κ1) is 34.8. The molecule has 0 saturated carbocycles. The Morgan fingerprint density at radius 3 is 2.27 bits per heavy atom. The van der Waals surface area contributed by atoms with Crippen LogP contribution in [-0.4, -0.2) is 42.2 Å². The van der Waals surface area contributed by atoms with E-state index in [0.29, 0.717) is 53.5 Å². The van der Waals surface area contributed by atoms with Gasteiger partial charge in [0.1, 0.15) is 5.75 Å². The van der Waals surface area contributed by atoms with E-state index in [0.717, 1.165) is 16.7 Å². The minimum Gasteiger partial charge on any atom is -0.494 e. The molecule has 0 radical (unpaired) electrons. The van der Waals surface area contributed by atoms with E-state index >= 15 is 0 Å². The average Bonchev–Trinajstić information content (AvgIpc) is 3.51. The van der Waals surface area contributed by atoms with Crippen LogP contribution in [0, 0.1) is 0 Å². The topological polar surface area (TPSA) is 178 Å². The monoisotopic (exact) mass is 678 g/mol. The fourth-order valence-electron chi connectivity index (χ4n) is 5.71. The third kappa shape index (κ3) is 8.70. The van der Waals surface area contributed by atoms with Gasteiger partial charge in [0.25, 0.3) is 5.91 Å². The normalized spacial score (nSPS) is 16.4. The minimum absolute atomic E-state index is 0.0289. The number of aliphatic hydroxyl groups excluding tert-OH is 1. The van der Waals surface area contributed by atoms with E-state index in [2.05, 4.69) is 25.4 Å². The highest BCUT2D eigenvalue weighted by molar-refractivity contribution is 6.30. The number of benzene rings is 4. The lowest BCUT2D eigenvalue weighted by Crippen LogP contribution is -2.50. The number of halogens is 1. The van der Waals surface area contributed by atoms with Crippen molar-refractivity contribution in [3.63, 3.8) is 0 Å². The quantitative estimate of drug-likeness (QED) is 0.0537. The minimum atomic E-state index is -1.52. The Labute approximate surface area is 288 Å². The van der Waals surface area contributed by atoms with Gasteiger partial charge in [0.15, 0.2) is 11.6 Å². The summed E-state index contributed by atoms with van der Waals surface area (Å²) in [5.74, 6) is 0.513. The number of rotatable bonds is 16. The van der Waals surface area contributed by atoms with Crippen LogP contribution in [0.15, 0.2) is 112 Å². The molecule has 49 heavy (non-hydrogen) atoms. The molecule has 13 heteroatoms. The Bertz CT molecular complexity index is 1870. The highest BCUT2D eigenvalue weighted by Gasteiger charge is 2.54. The van der Waals surface area contributed by atoms with Crippen LogP contribution in [0.5, 0.6) is 5.75 Å². The predicted octanol–water partition coefficient (Wildman–Crippen LogP) is 7.58. The Morgan fingerprint density at radius 2 is 1.57 bits per heavy atom. The Hall–Kier alpha value is -5.51. The van der Waals surface area contributed by atoms with E-state index in [1.54, 1.807) is 24.3 Å². The summed E-state index contributed by atoms with van der Waals surface area (Å²) in [6, 6.07) is 29.4. The lowest BCUT2D eigenvalue weighted by atomic mass is 9.79. The zero-order chi connectivity index (χ0) is 34.5. The van der Waals surface area contributed by atoms with Crippen LogP contribution >= 0.6 is 11.6 Å². The van der Waals surface area contributed by atoms with Gasteiger partial charge in [0.2, 0.25) is 5.90 Å². The summed E-state index contributed by atoms with van der Waals surface area (Å²) in [4.78, 5) is 25.7. The third-order valence-corrected chi connectivity index (χ3v) is 8.42. The van der Waals surface area contributed by atoms with Gasteiger partial charge < -0.3 is 19.9 Å². The average molecular weight is 679 g/mol. The number of nitrogens with zero attached hydrogens (tertiary/aromatic N) is 7. The standard InChI is InChI=1S/C36H35ClN8O4/c37-30-14-10-25(11-15-30)18-19-40-35(47)36(22-27-6-1-2-7-28(27)23-41-44-38)33(32-9-4-3-8-29(32)24-42-45-39)49-34(43-36)26-12-16-31(17-13-26)48-21-5-20-46/h1-4,6-17,33,46H,5,18-24H2,(H,40,47)/t33-,36-/m1/s1. The number of aliphatic imine (C=N–C) groups is 1. The van der Waals surface area contributed by atoms with Crippen LogP contribution < -0.4 is 10.1 Å². The number of amides is 1. The van der Waals surface area contributed by atoms with Crippen molar-refractivity contribution in [1.29, 1.82) is 0 Å². The van der Waals surface area contributed by atoms with Crippen molar-refractivity contribution in [3.8, 4) is 5.75 Å². The van der Waals surface area contributed by atoms with E-state index in [1.165, 1.54) is 0 Å². The van der Waals surface area contributed by atoms with Crippen molar-refractivity contribution < 1.29 is 19.4 Å². The first-order chi connectivity index (χ1) is 24.0. The molecule has 0 bridgehead atoms. The SMILES string of the molecule is [N-]=[N+]=NCc1ccccc1C[C@@]1(C(=O)NCCc2ccc(Cl)cc2)N=C(c2ccc(OCCCO)cc2)O[C@@H]1c1ccccc1CN=[N+]=[N-]. The molecule has 0 spiro atoms. The summed E-state index contributed by atoms with van der Waals surface area (Å²) in [7, 11) is 0. The van der Waals surface area contributed by atoms with E-state index in [4.69, 9.17) is 42.2 Å². The molecule has 0 saturated heterocycles. The van der Waals surface area contributed by atoms with Crippen LogP contribution in [0.3, 0.4) is 0 Å². The van der Waals surface area contributed by atoms with E-state index in [9.17, 15) is 4.79 Å². The van der Waals surface area contributed by atoms with Crippen molar-refractivity contribution >= 4 is 23.4 Å². The predicted molar refractivity (Wildman–Crippen MR) is 187 cm³/mol. The Morgan fingerprint density at radius 1 is 0.918 bits per heavy atom. The molecule has 4 aromatic carbocycles. The molecule has 2 atom stereocenters. The first-order valence-corrected chi connectivity index (χ1v) is 16.1. The summed E-state index contributed by atoms with van der Waals surface area (Å²) in [5.41, 5.74) is 21.2. The van der Waals surface area contributed by atoms with Crippen molar-refractivity contribution in [3.05, 3.63) is 156 Å².